The van der Waals surface area contributed by atoms with Crippen LogP contribution < -0.4 is 5.30 Å². The number of carbonyl (C=O) groups excluding carboxylic acids is 1. The molecule has 0 heterocycles. The summed E-state index contributed by atoms with van der Waals surface area (Å²) in [5.41, 5.74) is 2.45. The molecule has 2 aromatic rings. The van der Waals surface area contributed by atoms with E-state index in [0.717, 1.165) is 5.56 Å². The van der Waals surface area contributed by atoms with Gasteiger partial charge < -0.3 is 9.79 Å². The first kappa shape index (κ1) is 15.6. The van der Waals surface area contributed by atoms with Crippen LogP contribution in [0.4, 0.5) is 0 Å². The quantitative estimate of drug-likeness (QED) is 0.675. The van der Waals surface area contributed by atoms with E-state index in [1.165, 1.54) is 0 Å². The summed E-state index contributed by atoms with van der Waals surface area (Å²) in [6, 6.07) is 10.4. The Hall–Kier alpha value is -1.74. The van der Waals surface area contributed by atoms with Crippen LogP contribution in [-0.2, 0) is 4.57 Å². The topological polar surface area (TPSA) is 74.6 Å². The maximum Gasteiger partial charge on any atom is 0.356 e. The van der Waals surface area contributed by atoms with Gasteiger partial charge >= 0.3 is 7.60 Å². The molecule has 0 aliphatic rings. The molecule has 2 rings (SSSR count). The standard InChI is InChI=1S/C16H17O4P/c1-10-9-11(2)16(21(18,19)20)12(3)14(10)15(17)13-7-5-4-6-8-13/h4-9H,1-3H3,(H2,18,19,20). The highest BCUT2D eigenvalue weighted by Gasteiger charge is 2.27. The first-order valence-electron chi connectivity index (χ1n) is 6.50. The lowest BCUT2D eigenvalue weighted by atomic mass is 9.93. The van der Waals surface area contributed by atoms with Crippen molar-refractivity contribution in [3.63, 3.8) is 0 Å². The zero-order valence-electron chi connectivity index (χ0n) is 12.1. The summed E-state index contributed by atoms with van der Waals surface area (Å²) in [5.74, 6) is -0.222. The Bertz CT molecular complexity index is 745. The van der Waals surface area contributed by atoms with Crippen LogP contribution in [-0.4, -0.2) is 15.6 Å². The molecule has 2 aromatic carbocycles. The molecule has 2 N–H and O–H groups in total. The van der Waals surface area contributed by atoms with Gasteiger partial charge in [0.25, 0.3) is 0 Å². The molecule has 0 bridgehead atoms. The van der Waals surface area contributed by atoms with E-state index in [4.69, 9.17) is 0 Å². The highest BCUT2D eigenvalue weighted by Crippen LogP contribution is 2.38. The third-order valence-electron chi connectivity index (χ3n) is 3.49. The van der Waals surface area contributed by atoms with E-state index in [-0.39, 0.29) is 11.1 Å². The van der Waals surface area contributed by atoms with Crippen LogP contribution in [0, 0.1) is 20.8 Å². The minimum atomic E-state index is -4.42. The van der Waals surface area contributed by atoms with E-state index < -0.39 is 7.60 Å². The highest BCUT2D eigenvalue weighted by molar-refractivity contribution is 7.60. The van der Waals surface area contributed by atoms with Gasteiger partial charge in [-0.3, -0.25) is 9.36 Å². The van der Waals surface area contributed by atoms with Crippen LogP contribution >= 0.6 is 7.60 Å². The van der Waals surface area contributed by atoms with E-state index in [2.05, 4.69) is 0 Å². The summed E-state index contributed by atoms with van der Waals surface area (Å²) in [7, 11) is -4.42. The van der Waals surface area contributed by atoms with Gasteiger partial charge in [0.15, 0.2) is 5.78 Å². The molecule has 0 spiro atoms. The van der Waals surface area contributed by atoms with Crippen molar-refractivity contribution in [2.45, 2.75) is 20.8 Å². The van der Waals surface area contributed by atoms with Gasteiger partial charge in [0, 0.05) is 11.1 Å². The fourth-order valence-electron chi connectivity index (χ4n) is 2.71. The second-order valence-corrected chi connectivity index (χ2v) is 6.63. The van der Waals surface area contributed by atoms with Gasteiger partial charge in [-0.1, -0.05) is 36.4 Å². The number of benzene rings is 2. The number of hydrogen-bond acceptors (Lipinski definition) is 2. The van der Waals surface area contributed by atoms with Gasteiger partial charge in [-0.25, -0.2) is 0 Å². The Morgan fingerprint density at radius 2 is 1.57 bits per heavy atom. The van der Waals surface area contributed by atoms with Crippen molar-refractivity contribution < 1.29 is 19.1 Å². The van der Waals surface area contributed by atoms with E-state index in [1.54, 1.807) is 51.1 Å². The molecule has 21 heavy (non-hydrogen) atoms. The zero-order chi connectivity index (χ0) is 15.8. The maximum atomic E-state index is 12.6. The number of rotatable bonds is 3. The predicted molar refractivity (Wildman–Crippen MR) is 82.2 cm³/mol. The average Bonchev–Trinajstić information content (AvgIpc) is 2.37. The minimum absolute atomic E-state index is 0.0487. The molecule has 0 fully saturated rings. The molecule has 0 unspecified atom stereocenters. The fourth-order valence-corrected chi connectivity index (χ4v) is 3.78. The summed E-state index contributed by atoms with van der Waals surface area (Å²) in [6.45, 7) is 5.01. The van der Waals surface area contributed by atoms with Crippen molar-refractivity contribution >= 4 is 18.7 Å². The molecule has 0 aliphatic carbocycles. The monoisotopic (exact) mass is 304 g/mol. The largest absolute Gasteiger partial charge is 0.356 e. The van der Waals surface area contributed by atoms with E-state index >= 15 is 0 Å². The van der Waals surface area contributed by atoms with Gasteiger partial charge in [0.05, 0.1) is 5.30 Å². The van der Waals surface area contributed by atoms with Crippen molar-refractivity contribution in [1.82, 2.24) is 0 Å². The predicted octanol–water partition coefficient (Wildman–Crippen LogP) is 2.65. The number of hydrogen-bond donors (Lipinski definition) is 2. The highest BCUT2D eigenvalue weighted by atomic mass is 31.2. The molecular formula is C16H17O4P. The van der Waals surface area contributed by atoms with Gasteiger partial charge in [-0.05, 0) is 37.5 Å². The normalized spacial score (nSPS) is 11.5. The molecule has 0 aromatic heterocycles. The van der Waals surface area contributed by atoms with Crippen molar-refractivity contribution in [3.8, 4) is 0 Å². The van der Waals surface area contributed by atoms with Gasteiger partial charge in [0.2, 0.25) is 0 Å². The summed E-state index contributed by atoms with van der Waals surface area (Å²) < 4.78 is 11.7. The molecule has 110 valence electrons. The molecule has 0 aliphatic heterocycles. The second-order valence-electron chi connectivity index (χ2n) is 5.10. The molecule has 0 atom stereocenters. The van der Waals surface area contributed by atoms with Crippen molar-refractivity contribution in [2.24, 2.45) is 0 Å². The number of carbonyl (C=O) groups is 1. The summed E-state index contributed by atoms with van der Waals surface area (Å²) in [6.07, 6.45) is 0. The number of ketones is 1. The fraction of sp³-hybridized carbons (Fsp3) is 0.188. The third kappa shape index (κ3) is 2.98. The third-order valence-corrected chi connectivity index (χ3v) is 4.76. The van der Waals surface area contributed by atoms with E-state index in [9.17, 15) is 19.1 Å². The van der Waals surface area contributed by atoms with Crippen LogP contribution in [0.15, 0.2) is 36.4 Å². The van der Waals surface area contributed by atoms with Crippen molar-refractivity contribution in [3.05, 3.63) is 64.2 Å². The SMILES string of the molecule is Cc1cc(C)c(P(=O)(O)O)c(C)c1C(=O)c1ccccc1. The molecule has 0 saturated carbocycles. The first-order valence-corrected chi connectivity index (χ1v) is 8.11. The van der Waals surface area contributed by atoms with Gasteiger partial charge in [0.1, 0.15) is 0 Å². The van der Waals surface area contributed by atoms with Crippen molar-refractivity contribution in [2.75, 3.05) is 0 Å². The Morgan fingerprint density at radius 3 is 2.10 bits per heavy atom. The van der Waals surface area contributed by atoms with Gasteiger partial charge in [-0.15, -0.1) is 0 Å². The number of aryl methyl sites for hydroxylation is 2. The molecular weight excluding hydrogens is 287 g/mol. The second kappa shape index (κ2) is 5.57. The zero-order valence-corrected chi connectivity index (χ0v) is 13.0. The first-order chi connectivity index (χ1) is 9.73. The summed E-state index contributed by atoms with van der Waals surface area (Å²) in [4.78, 5) is 31.7. The molecule has 4 nitrogen and oxygen atoms in total. The maximum absolute atomic E-state index is 12.6. The van der Waals surface area contributed by atoms with Crippen LogP contribution in [0.3, 0.4) is 0 Å². The lowest BCUT2D eigenvalue weighted by Gasteiger charge is -2.17. The molecule has 0 saturated heterocycles. The van der Waals surface area contributed by atoms with E-state index in [1.807, 2.05) is 6.07 Å². The van der Waals surface area contributed by atoms with E-state index in [0.29, 0.717) is 22.3 Å². The summed E-state index contributed by atoms with van der Waals surface area (Å²) in [5, 5.41) is -0.0487. The smallest absolute Gasteiger partial charge is 0.321 e. The Kier molecular flexibility index (Phi) is 4.15. The molecule has 0 amide bonds. The van der Waals surface area contributed by atoms with Crippen LogP contribution in [0.1, 0.15) is 32.6 Å². The molecule has 5 heteroatoms. The van der Waals surface area contributed by atoms with Crippen LogP contribution in [0.5, 0.6) is 0 Å². The average molecular weight is 304 g/mol. The molecule has 0 radical (unpaired) electrons. The van der Waals surface area contributed by atoms with Crippen molar-refractivity contribution in [1.29, 1.82) is 0 Å². The lowest BCUT2D eigenvalue weighted by molar-refractivity contribution is 0.103. The Morgan fingerprint density at radius 1 is 1.00 bits per heavy atom. The summed E-state index contributed by atoms with van der Waals surface area (Å²) >= 11 is 0. The minimum Gasteiger partial charge on any atom is -0.321 e. The van der Waals surface area contributed by atoms with Crippen LogP contribution in [0.25, 0.3) is 0 Å². The Balaban J connectivity index is 2.71. The Labute approximate surface area is 123 Å². The lowest BCUT2D eigenvalue weighted by Crippen LogP contribution is -2.19. The van der Waals surface area contributed by atoms with Crippen LogP contribution in [0.2, 0.25) is 0 Å². The van der Waals surface area contributed by atoms with Gasteiger partial charge in [-0.2, -0.15) is 0 Å².